The Morgan fingerprint density at radius 2 is 1.87 bits per heavy atom. The van der Waals surface area contributed by atoms with Crippen LogP contribution in [0.3, 0.4) is 0 Å². The number of halogens is 1. The van der Waals surface area contributed by atoms with Crippen molar-refractivity contribution >= 4 is 34.7 Å². The van der Waals surface area contributed by atoms with Gasteiger partial charge in [0, 0.05) is 27.4 Å². The van der Waals surface area contributed by atoms with Gasteiger partial charge in [-0.1, -0.05) is 59.2 Å². The van der Waals surface area contributed by atoms with Gasteiger partial charge in [-0.2, -0.15) is 0 Å². The van der Waals surface area contributed by atoms with E-state index >= 15 is 0 Å². The first-order valence-electron chi connectivity index (χ1n) is 9.66. The third-order valence-electron chi connectivity index (χ3n) is 5.64. The lowest BCUT2D eigenvalue weighted by molar-refractivity contribution is -0.140. The van der Waals surface area contributed by atoms with Gasteiger partial charge in [-0.3, -0.25) is 9.59 Å². The van der Waals surface area contributed by atoms with Crippen LogP contribution in [0.15, 0.2) is 78.0 Å². The Balaban J connectivity index is 1.69. The Bertz CT molecular complexity index is 1240. The Kier molecular flexibility index (Phi) is 4.52. The van der Waals surface area contributed by atoms with E-state index in [-0.39, 0.29) is 5.78 Å². The second kappa shape index (κ2) is 7.25. The second-order valence-corrected chi connectivity index (χ2v) is 7.78. The lowest BCUT2D eigenvalue weighted by Gasteiger charge is -2.26. The number of amides is 1. The first-order chi connectivity index (χ1) is 15.0. The molecule has 1 amide bonds. The minimum absolute atomic E-state index is 0.294. The topological polar surface area (TPSA) is 77.0 Å². The molecule has 0 saturated carbocycles. The van der Waals surface area contributed by atoms with Crippen molar-refractivity contribution in [1.29, 1.82) is 0 Å². The number of Topliss-reactive ketones (excluding diaryl/α,β-unsaturated/α-hetero) is 1. The van der Waals surface area contributed by atoms with E-state index < -0.39 is 17.4 Å². The van der Waals surface area contributed by atoms with Crippen LogP contribution in [0.4, 0.5) is 5.69 Å². The molecule has 7 heteroatoms. The van der Waals surface area contributed by atoms with Crippen LogP contribution in [0, 0.1) is 5.92 Å². The Labute approximate surface area is 183 Å². The SMILES string of the molecule is COc1cccc(C(=O)[C@@H]2C(c3ccc(Cl)cc3)=NO[C@]23C(=O)Nc2ccccc23)c1. The highest BCUT2D eigenvalue weighted by molar-refractivity contribution is 6.31. The van der Waals surface area contributed by atoms with Crippen molar-refractivity contribution in [1.82, 2.24) is 0 Å². The number of ketones is 1. The summed E-state index contributed by atoms with van der Waals surface area (Å²) in [7, 11) is 1.53. The molecule has 2 aliphatic rings. The number of para-hydroxylation sites is 1. The Morgan fingerprint density at radius 1 is 1.10 bits per heavy atom. The van der Waals surface area contributed by atoms with Crippen molar-refractivity contribution < 1.29 is 19.2 Å². The summed E-state index contributed by atoms with van der Waals surface area (Å²) < 4.78 is 5.28. The van der Waals surface area contributed by atoms with Crippen molar-refractivity contribution in [2.24, 2.45) is 11.1 Å². The third kappa shape index (κ3) is 2.91. The fraction of sp³-hybridized carbons (Fsp3) is 0.125. The third-order valence-corrected chi connectivity index (χ3v) is 5.89. The largest absolute Gasteiger partial charge is 0.497 e. The summed E-state index contributed by atoms with van der Waals surface area (Å²) in [5.41, 5.74) is 1.01. The van der Waals surface area contributed by atoms with E-state index in [2.05, 4.69) is 10.5 Å². The van der Waals surface area contributed by atoms with E-state index in [0.717, 1.165) is 0 Å². The predicted octanol–water partition coefficient (Wildman–Crippen LogP) is 4.43. The molecule has 0 saturated heterocycles. The number of nitrogens with one attached hydrogen (secondary N) is 1. The molecule has 0 radical (unpaired) electrons. The fourth-order valence-corrected chi connectivity index (χ4v) is 4.27. The average molecular weight is 433 g/mol. The summed E-state index contributed by atoms with van der Waals surface area (Å²) >= 11 is 6.04. The molecule has 31 heavy (non-hydrogen) atoms. The molecule has 1 spiro atoms. The van der Waals surface area contributed by atoms with Crippen molar-refractivity contribution in [3.63, 3.8) is 0 Å². The van der Waals surface area contributed by atoms with Gasteiger partial charge in [-0.15, -0.1) is 0 Å². The van der Waals surface area contributed by atoms with Gasteiger partial charge in [0.25, 0.3) is 11.5 Å². The fourth-order valence-electron chi connectivity index (χ4n) is 4.14. The van der Waals surface area contributed by atoms with Crippen molar-refractivity contribution in [2.75, 3.05) is 12.4 Å². The van der Waals surface area contributed by atoms with Crippen LogP contribution in [0.1, 0.15) is 21.5 Å². The number of fused-ring (bicyclic) bond motifs is 2. The highest BCUT2D eigenvalue weighted by Gasteiger charge is 2.63. The van der Waals surface area contributed by atoms with Crippen LogP contribution in [-0.2, 0) is 15.2 Å². The number of benzene rings is 3. The van der Waals surface area contributed by atoms with Gasteiger partial charge < -0.3 is 14.9 Å². The second-order valence-electron chi connectivity index (χ2n) is 7.34. The number of anilines is 1. The van der Waals surface area contributed by atoms with Gasteiger partial charge in [0.15, 0.2) is 5.78 Å². The lowest BCUT2D eigenvalue weighted by atomic mass is 9.74. The molecular formula is C24H17ClN2O4. The first-order valence-corrected chi connectivity index (χ1v) is 10.0. The van der Waals surface area contributed by atoms with E-state index in [1.165, 1.54) is 7.11 Å². The molecule has 2 atom stereocenters. The number of hydrogen-bond acceptors (Lipinski definition) is 5. The van der Waals surface area contributed by atoms with Gasteiger partial charge in [0.05, 0.1) is 7.11 Å². The van der Waals surface area contributed by atoms with Crippen LogP contribution >= 0.6 is 11.6 Å². The summed E-state index contributed by atoms with van der Waals surface area (Å²) in [5, 5.41) is 7.64. The quantitative estimate of drug-likeness (QED) is 0.619. The van der Waals surface area contributed by atoms with Crippen molar-refractivity contribution in [2.45, 2.75) is 5.60 Å². The molecule has 0 aromatic heterocycles. The normalized spacial score (nSPS) is 21.3. The number of methoxy groups -OCH3 is 1. The Morgan fingerprint density at radius 3 is 2.65 bits per heavy atom. The highest BCUT2D eigenvalue weighted by Crippen LogP contribution is 2.49. The summed E-state index contributed by atoms with van der Waals surface area (Å²) in [6.07, 6.45) is 0. The summed E-state index contributed by atoms with van der Waals surface area (Å²) in [6, 6.07) is 20.9. The summed E-state index contributed by atoms with van der Waals surface area (Å²) in [4.78, 5) is 32.9. The Hall–Kier alpha value is -3.64. The van der Waals surface area contributed by atoms with Gasteiger partial charge in [0.1, 0.15) is 17.4 Å². The number of oxime groups is 1. The van der Waals surface area contributed by atoms with Crippen molar-refractivity contribution in [3.8, 4) is 5.75 Å². The summed E-state index contributed by atoms with van der Waals surface area (Å²) in [5.74, 6) is -1.18. The number of carbonyl (C=O) groups is 2. The van der Waals surface area contributed by atoms with Gasteiger partial charge in [-0.25, -0.2) is 0 Å². The lowest BCUT2D eigenvalue weighted by Crippen LogP contribution is -2.46. The molecular weight excluding hydrogens is 416 g/mol. The maximum absolute atomic E-state index is 13.9. The smallest absolute Gasteiger partial charge is 0.277 e. The number of nitrogens with zero attached hydrogens (tertiary/aromatic N) is 1. The highest BCUT2D eigenvalue weighted by atomic mass is 35.5. The molecule has 0 aliphatic carbocycles. The van der Waals surface area contributed by atoms with Gasteiger partial charge in [-0.05, 0) is 30.3 Å². The predicted molar refractivity (Wildman–Crippen MR) is 117 cm³/mol. The average Bonchev–Trinajstić information content (AvgIpc) is 3.33. The number of rotatable bonds is 4. The molecule has 2 heterocycles. The molecule has 3 aromatic rings. The van der Waals surface area contributed by atoms with E-state index in [4.69, 9.17) is 21.2 Å². The van der Waals surface area contributed by atoms with Crippen molar-refractivity contribution in [3.05, 3.63) is 94.5 Å². The van der Waals surface area contributed by atoms with E-state index in [0.29, 0.717) is 38.9 Å². The van der Waals surface area contributed by atoms with Crippen LogP contribution in [-0.4, -0.2) is 24.5 Å². The first kappa shape index (κ1) is 19.3. The van der Waals surface area contributed by atoms with E-state index in [1.807, 2.05) is 6.07 Å². The number of ether oxygens (including phenoxy) is 1. The molecule has 0 unspecified atom stereocenters. The molecule has 3 aromatic carbocycles. The van der Waals surface area contributed by atoms with E-state index in [9.17, 15) is 9.59 Å². The number of hydrogen-bond donors (Lipinski definition) is 1. The van der Waals surface area contributed by atoms with Crippen LogP contribution in [0.2, 0.25) is 5.02 Å². The van der Waals surface area contributed by atoms with Gasteiger partial charge in [0.2, 0.25) is 0 Å². The molecule has 1 N–H and O–H groups in total. The maximum atomic E-state index is 13.9. The molecule has 6 nitrogen and oxygen atoms in total. The molecule has 5 rings (SSSR count). The van der Waals surface area contributed by atoms with Crippen LogP contribution in [0.5, 0.6) is 5.75 Å². The molecule has 154 valence electrons. The zero-order chi connectivity index (χ0) is 21.6. The zero-order valence-corrected chi connectivity index (χ0v) is 17.2. The van der Waals surface area contributed by atoms with E-state index in [1.54, 1.807) is 66.7 Å². The summed E-state index contributed by atoms with van der Waals surface area (Å²) in [6.45, 7) is 0. The van der Waals surface area contributed by atoms with Crippen LogP contribution in [0.25, 0.3) is 0 Å². The molecule has 0 fully saturated rings. The van der Waals surface area contributed by atoms with Crippen LogP contribution < -0.4 is 10.1 Å². The monoisotopic (exact) mass is 432 g/mol. The zero-order valence-electron chi connectivity index (χ0n) is 16.5. The molecule has 0 bridgehead atoms. The maximum Gasteiger partial charge on any atom is 0.277 e. The minimum atomic E-state index is -1.59. The van der Waals surface area contributed by atoms with Gasteiger partial charge >= 0.3 is 0 Å². The number of carbonyl (C=O) groups excluding carboxylic acids is 2. The standard InChI is InChI=1S/C24H17ClN2O4/c1-30-17-6-4-5-15(13-17)22(28)20-21(14-9-11-16(25)12-10-14)27-31-24(20)18-7-2-3-8-19(18)26-23(24)29/h2-13,20H,1H3,(H,26,29)/t20-,24-/m0/s1. The molecule has 2 aliphatic heterocycles. The minimum Gasteiger partial charge on any atom is -0.497 e.